The minimum absolute atomic E-state index is 0.0327. The molecule has 0 N–H and O–H groups in total. The van der Waals surface area contributed by atoms with E-state index in [1.54, 1.807) is 4.90 Å². The Kier molecular flexibility index (Phi) is 5.99. The molecule has 0 radical (unpaired) electrons. The first-order valence-electron chi connectivity index (χ1n) is 11.9. The molecular formula is C28H30N2O2. The van der Waals surface area contributed by atoms with Crippen LogP contribution in [0, 0.1) is 23.7 Å². The summed E-state index contributed by atoms with van der Waals surface area (Å²) in [6.07, 6.45) is 7.10. The third-order valence-electron chi connectivity index (χ3n) is 7.37. The number of hydrogen-bond donors (Lipinski definition) is 0. The minimum atomic E-state index is -0.0327. The van der Waals surface area contributed by atoms with E-state index >= 15 is 0 Å². The summed E-state index contributed by atoms with van der Waals surface area (Å²) in [6.45, 7) is 2.52. The second kappa shape index (κ2) is 9.20. The van der Waals surface area contributed by atoms with Crippen LogP contribution in [0.1, 0.15) is 59.2 Å². The van der Waals surface area contributed by atoms with E-state index in [0.717, 1.165) is 48.5 Å². The van der Waals surface area contributed by atoms with E-state index in [4.69, 9.17) is 0 Å². The first-order valence-corrected chi connectivity index (χ1v) is 11.9. The first kappa shape index (κ1) is 20.8. The molecule has 0 aromatic heterocycles. The van der Waals surface area contributed by atoms with Gasteiger partial charge in [0.05, 0.1) is 0 Å². The highest BCUT2D eigenvalue weighted by molar-refractivity contribution is 5.99. The zero-order valence-electron chi connectivity index (χ0n) is 18.6. The molecule has 2 amide bonds. The Morgan fingerprint density at radius 2 is 1.69 bits per heavy atom. The molecule has 2 atom stereocenters. The maximum atomic E-state index is 13.1. The zero-order valence-corrected chi connectivity index (χ0v) is 18.6. The molecule has 1 aliphatic carbocycles. The number of rotatable bonds is 2. The lowest BCUT2D eigenvalue weighted by Crippen LogP contribution is -2.50. The van der Waals surface area contributed by atoms with Crippen molar-refractivity contribution in [1.82, 2.24) is 9.80 Å². The Morgan fingerprint density at radius 1 is 0.906 bits per heavy atom. The molecule has 2 aromatic carbocycles. The highest BCUT2D eigenvalue weighted by Crippen LogP contribution is 2.36. The topological polar surface area (TPSA) is 40.6 Å². The summed E-state index contributed by atoms with van der Waals surface area (Å²) in [6, 6.07) is 15.7. The van der Waals surface area contributed by atoms with Crippen LogP contribution in [0.5, 0.6) is 0 Å². The van der Waals surface area contributed by atoms with Crippen molar-refractivity contribution in [3.05, 3.63) is 70.8 Å². The van der Waals surface area contributed by atoms with Crippen LogP contribution < -0.4 is 0 Å². The van der Waals surface area contributed by atoms with E-state index < -0.39 is 0 Å². The highest BCUT2D eigenvalue weighted by atomic mass is 16.2. The molecule has 2 aliphatic heterocycles. The van der Waals surface area contributed by atoms with Gasteiger partial charge in [0.1, 0.15) is 6.54 Å². The number of nitrogens with zero attached hydrogens (tertiary/aromatic N) is 2. The summed E-state index contributed by atoms with van der Waals surface area (Å²) < 4.78 is 0. The number of amides is 2. The van der Waals surface area contributed by atoms with Crippen molar-refractivity contribution in [2.75, 3.05) is 26.2 Å². The van der Waals surface area contributed by atoms with Crippen LogP contribution in [0.15, 0.2) is 48.5 Å². The lowest BCUT2D eigenvalue weighted by Gasteiger charge is -2.42. The summed E-state index contributed by atoms with van der Waals surface area (Å²) >= 11 is 0. The normalized spacial score (nSPS) is 22.4. The molecular weight excluding hydrogens is 396 g/mol. The Balaban J connectivity index is 1.23. The van der Waals surface area contributed by atoms with Gasteiger partial charge in [-0.05, 0) is 67.0 Å². The van der Waals surface area contributed by atoms with Gasteiger partial charge < -0.3 is 9.80 Å². The van der Waals surface area contributed by atoms with Gasteiger partial charge in [0.25, 0.3) is 5.91 Å². The molecule has 3 aliphatic rings. The van der Waals surface area contributed by atoms with E-state index in [-0.39, 0.29) is 18.4 Å². The fraction of sp³-hybridized carbons (Fsp3) is 0.429. The van der Waals surface area contributed by atoms with Crippen molar-refractivity contribution in [2.24, 2.45) is 11.8 Å². The summed E-state index contributed by atoms with van der Waals surface area (Å²) in [5.74, 6) is 7.91. The van der Waals surface area contributed by atoms with Gasteiger partial charge in [-0.1, -0.05) is 49.3 Å². The van der Waals surface area contributed by atoms with Crippen LogP contribution in [0.3, 0.4) is 0 Å². The molecule has 32 heavy (non-hydrogen) atoms. The van der Waals surface area contributed by atoms with Crippen LogP contribution in [0.25, 0.3) is 0 Å². The molecule has 1 saturated carbocycles. The summed E-state index contributed by atoms with van der Waals surface area (Å²) in [5.41, 5.74) is 3.63. The maximum absolute atomic E-state index is 13.1. The van der Waals surface area contributed by atoms with Crippen molar-refractivity contribution in [3.63, 3.8) is 0 Å². The Morgan fingerprint density at radius 3 is 2.53 bits per heavy atom. The van der Waals surface area contributed by atoms with E-state index in [9.17, 15) is 9.59 Å². The predicted octanol–water partition coefficient (Wildman–Crippen LogP) is 4.12. The van der Waals surface area contributed by atoms with Crippen LogP contribution in [0.2, 0.25) is 0 Å². The average Bonchev–Trinajstić information content (AvgIpc) is 2.84. The zero-order chi connectivity index (χ0) is 21.9. The number of hydrogen-bond acceptors (Lipinski definition) is 2. The molecule has 2 fully saturated rings. The summed E-state index contributed by atoms with van der Waals surface area (Å²) in [7, 11) is 0. The van der Waals surface area contributed by atoms with Crippen LogP contribution in [0.4, 0.5) is 0 Å². The van der Waals surface area contributed by atoms with Gasteiger partial charge in [-0.3, -0.25) is 9.59 Å². The maximum Gasteiger partial charge on any atom is 0.254 e. The third kappa shape index (κ3) is 4.43. The Labute approximate surface area is 190 Å². The molecule has 5 rings (SSSR count). The molecule has 164 valence electrons. The fourth-order valence-corrected chi connectivity index (χ4v) is 5.52. The second-order valence-electron chi connectivity index (χ2n) is 9.40. The molecule has 2 aromatic rings. The molecule has 0 spiro atoms. The van der Waals surface area contributed by atoms with Gasteiger partial charge in [-0.15, -0.1) is 0 Å². The monoisotopic (exact) mass is 426 g/mol. The van der Waals surface area contributed by atoms with Gasteiger partial charge in [-0.25, -0.2) is 0 Å². The number of fused-ring (bicyclic) bond motifs is 2. The molecule has 2 unspecified atom stereocenters. The standard InChI is InChI=1S/C28H30N2O2/c31-27(29-16-14-23-8-4-5-9-25(23)19-29)20-30-17-15-24-18-22(12-13-26(24)28(30)32)11-10-21-6-2-1-3-7-21/h1-3,6-7,12-13,18,23,25H,4-5,8-9,14-17,19-20H2. The van der Waals surface area contributed by atoms with Gasteiger partial charge >= 0.3 is 0 Å². The summed E-state index contributed by atoms with van der Waals surface area (Å²) in [5, 5.41) is 0. The molecule has 1 saturated heterocycles. The average molecular weight is 427 g/mol. The fourth-order valence-electron chi connectivity index (χ4n) is 5.52. The van der Waals surface area contributed by atoms with E-state index in [1.165, 1.54) is 25.7 Å². The quantitative estimate of drug-likeness (QED) is 0.678. The molecule has 4 nitrogen and oxygen atoms in total. The summed E-state index contributed by atoms with van der Waals surface area (Å²) in [4.78, 5) is 29.8. The van der Waals surface area contributed by atoms with Gasteiger partial charge in [0.15, 0.2) is 0 Å². The number of carbonyl (C=O) groups is 2. The molecule has 4 heteroatoms. The number of carbonyl (C=O) groups excluding carboxylic acids is 2. The highest BCUT2D eigenvalue weighted by Gasteiger charge is 2.34. The third-order valence-corrected chi connectivity index (χ3v) is 7.37. The molecule has 2 heterocycles. The van der Waals surface area contributed by atoms with E-state index in [1.807, 2.05) is 53.4 Å². The largest absolute Gasteiger partial charge is 0.341 e. The first-order chi connectivity index (χ1) is 15.7. The number of likely N-dealkylation sites (tertiary alicyclic amines) is 1. The van der Waals surface area contributed by atoms with Crippen molar-refractivity contribution >= 4 is 11.8 Å². The van der Waals surface area contributed by atoms with Crippen molar-refractivity contribution < 1.29 is 9.59 Å². The SMILES string of the molecule is O=C(CN1CCc2cc(C#Cc3ccccc3)ccc2C1=O)N1CCC2CCCCC2C1. The van der Waals surface area contributed by atoms with Crippen LogP contribution in [-0.2, 0) is 11.2 Å². The van der Waals surface area contributed by atoms with Crippen molar-refractivity contribution in [3.8, 4) is 11.8 Å². The van der Waals surface area contributed by atoms with Crippen LogP contribution in [-0.4, -0.2) is 47.8 Å². The Hall–Kier alpha value is -3.06. The van der Waals surface area contributed by atoms with E-state index in [2.05, 4.69) is 11.8 Å². The minimum Gasteiger partial charge on any atom is -0.341 e. The van der Waals surface area contributed by atoms with Gasteiger partial charge in [-0.2, -0.15) is 0 Å². The Bertz CT molecular complexity index is 1070. The molecule has 0 bridgehead atoms. The predicted molar refractivity (Wildman–Crippen MR) is 125 cm³/mol. The van der Waals surface area contributed by atoms with Gasteiger partial charge in [0, 0.05) is 36.3 Å². The number of piperidine rings is 1. The van der Waals surface area contributed by atoms with E-state index in [0.29, 0.717) is 18.0 Å². The van der Waals surface area contributed by atoms with Gasteiger partial charge in [0.2, 0.25) is 5.91 Å². The van der Waals surface area contributed by atoms with Crippen molar-refractivity contribution in [2.45, 2.75) is 38.5 Å². The van der Waals surface area contributed by atoms with Crippen LogP contribution >= 0.6 is 0 Å². The lowest BCUT2D eigenvalue weighted by molar-refractivity contribution is -0.135. The second-order valence-corrected chi connectivity index (χ2v) is 9.40. The van der Waals surface area contributed by atoms with Crippen molar-refractivity contribution in [1.29, 1.82) is 0 Å². The number of benzene rings is 2. The lowest BCUT2D eigenvalue weighted by atomic mass is 9.75. The smallest absolute Gasteiger partial charge is 0.254 e.